The molecular weight excluding hydrogens is 723 g/mol. The molecule has 0 N–H and O–H groups in total. The lowest BCUT2D eigenvalue weighted by molar-refractivity contribution is 0.669. The number of furan rings is 1. The number of para-hydroxylation sites is 3. The van der Waals surface area contributed by atoms with E-state index in [9.17, 15) is 0 Å². The average Bonchev–Trinajstić information content (AvgIpc) is 3.78. The minimum atomic E-state index is 0.526. The van der Waals surface area contributed by atoms with Crippen LogP contribution in [0, 0.1) is 0 Å². The lowest BCUT2D eigenvalue weighted by Gasteiger charge is -2.26. The van der Waals surface area contributed by atoms with Crippen molar-refractivity contribution in [1.29, 1.82) is 0 Å². The largest absolute Gasteiger partial charge is 0.456 e. The summed E-state index contributed by atoms with van der Waals surface area (Å²) in [6.45, 7) is 0. The summed E-state index contributed by atoms with van der Waals surface area (Å²) < 4.78 is 8.78. The first-order chi connectivity index (χ1) is 29.2. The van der Waals surface area contributed by atoms with Gasteiger partial charge in [0.15, 0.2) is 11.6 Å². The van der Waals surface area contributed by atoms with Crippen LogP contribution in [-0.4, -0.2) is 19.5 Å². The zero-order valence-electron chi connectivity index (χ0n) is 31.7. The number of rotatable bonds is 5. The van der Waals surface area contributed by atoms with Crippen LogP contribution in [0.3, 0.4) is 0 Å². The summed E-state index contributed by atoms with van der Waals surface area (Å²) in [4.78, 5) is 17.7. The van der Waals surface area contributed by atoms with Crippen LogP contribution >= 0.6 is 0 Å². The van der Waals surface area contributed by atoms with Gasteiger partial charge in [-0.3, -0.25) is 4.90 Å². The number of hydrogen-bond donors (Lipinski definition) is 0. The van der Waals surface area contributed by atoms with Crippen LogP contribution in [0.2, 0.25) is 0 Å². The number of benzene rings is 8. The first kappa shape index (κ1) is 33.1. The van der Waals surface area contributed by atoms with Crippen molar-refractivity contribution >= 4 is 73.2 Å². The van der Waals surface area contributed by atoms with Gasteiger partial charge in [0.25, 0.3) is 0 Å². The van der Waals surface area contributed by atoms with Gasteiger partial charge in [-0.25, -0.2) is 4.98 Å². The minimum Gasteiger partial charge on any atom is -0.456 e. The molecule has 0 aliphatic carbocycles. The smallest absolute Gasteiger partial charge is 0.238 e. The molecule has 0 bridgehead atoms. The second-order valence-electron chi connectivity index (χ2n) is 14.9. The van der Waals surface area contributed by atoms with Crippen LogP contribution in [0.4, 0.5) is 17.3 Å². The summed E-state index contributed by atoms with van der Waals surface area (Å²) in [6.07, 6.45) is 4.38. The topological polar surface area (TPSA) is 60.0 Å². The lowest BCUT2D eigenvalue weighted by Crippen LogP contribution is -2.16. The van der Waals surface area contributed by atoms with E-state index >= 15 is 0 Å². The molecule has 0 amide bonds. The van der Waals surface area contributed by atoms with E-state index in [4.69, 9.17) is 19.4 Å². The molecule has 0 atom stereocenters. The maximum Gasteiger partial charge on any atom is 0.238 e. The Morgan fingerprint density at radius 1 is 0.373 bits per heavy atom. The Balaban J connectivity index is 1.08. The summed E-state index contributed by atoms with van der Waals surface area (Å²) in [5, 5.41) is 4.54. The molecule has 0 fully saturated rings. The van der Waals surface area contributed by atoms with Crippen LogP contribution in [0.1, 0.15) is 11.1 Å². The number of hydrogen-bond acceptors (Lipinski definition) is 5. The van der Waals surface area contributed by atoms with Crippen LogP contribution in [0.5, 0.6) is 0 Å². The molecule has 0 saturated carbocycles. The van der Waals surface area contributed by atoms with Gasteiger partial charge in [-0.15, -0.1) is 0 Å². The number of fused-ring (bicyclic) bond motifs is 8. The lowest BCUT2D eigenvalue weighted by atomic mass is 9.99. The molecule has 59 heavy (non-hydrogen) atoms. The molecule has 6 nitrogen and oxygen atoms in total. The monoisotopic (exact) mass is 755 g/mol. The Kier molecular flexibility index (Phi) is 7.43. The van der Waals surface area contributed by atoms with Crippen molar-refractivity contribution < 1.29 is 4.42 Å². The fraction of sp³-hybridized carbons (Fsp3) is 0. The molecular formula is C53H33N5O. The zero-order chi connectivity index (χ0) is 38.9. The van der Waals surface area contributed by atoms with Gasteiger partial charge in [0.1, 0.15) is 11.2 Å². The summed E-state index contributed by atoms with van der Waals surface area (Å²) in [7, 11) is 0. The zero-order valence-corrected chi connectivity index (χ0v) is 31.7. The van der Waals surface area contributed by atoms with Gasteiger partial charge in [0, 0.05) is 43.9 Å². The summed E-state index contributed by atoms with van der Waals surface area (Å²) >= 11 is 0. The molecule has 6 heteroatoms. The molecule has 8 aromatic carbocycles. The van der Waals surface area contributed by atoms with E-state index in [1.807, 2.05) is 72.8 Å². The summed E-state index contributed by atoms with van der Waals surface area (Å²) in [6, 6.07) is 65.5. The van der Waals surface area contributed by atoms with E-state index in [1.165, 1.54) is 16.3 Å². The second-order valence-corrected chi connectivity index (χ2v) is 14.9. The highest BCUT2D eigenvalue weighted by Gasteiger charge is 2.26. The number of aromatic nitrogens is 4. The van der Waals surface area contributed by atoms with Gasteiger partial charge >= 0.3 is 0 Å². The summed E-state index contributed by atoms with van der Waals surface area (Å²) in [5.74, 6) is 1.73. The molecule has 1 aliphatic rings. The average molecular weight is 756 g/mol. The standard InChI is InChI=1S/C53H33N5O/c1-4-14-34(15-5-1)51-54-52(35-16-6-2-7-17-35)56-53(55-51)58-45-29-27-36(30-38(45)24-25-39-32-50-44(33-47(39)58)43-21-11-13-23-49(43)59-50)37-26-28-42-41-20-10-12-22-46(41)57(48(42)31-37)40-18-8-3-9-19-40/h1-33H. The molecule has 0 radical (unpaired) electrons. The molecule has 276 valence electrons. The Bertz CT molecular complexity index is 3380. The molecule has 1 aliphatic heterocycles. The molecule has 0 spiro atoms. The minimum absolute atomic E-state index is 0.526. The Labute approximate surface area is 339 Å². The normalized spacial score (nSPS) is 12.3. The Morgan fingerprint density at radius 2 is 0.966 bits per heavy atom. The van der Waals surface area contributed by atoms with Gasteiger partial charge in [-0.2, -0.15) is 9.97 Å². The highest BCUT2D eigenvalue weighted by atomic mass is 16.3. The third-order valence-corrected chi connectivity index (χ3v) is 11.4. The fourth-order valence-electron chi connectivity index (χ4n) is 8.60. The third kappa shape index (κ3) is 5.46. The predicted molar refractivity (Wildman–Crippen MR) is 241 cm³/mol. The van der Waals surface area contributed by atoms with Crippen molar-refractivity contribution in [2.45, 2.75) is 0 Å². The van der Waals surface area contributed by atoms with Crippen LogP contribution < -0.4 is 4.90 Å². The summed E-state index contributed by atoms with van der Waals surface area (Å²) in [5.41, 5.74) is 13.2. The number of nitrogens with zero attached hydrogens (tertiary/aromatic N) is 5. The quantitative estimate of drug-likeness (QED) is 0.175. The van der Waals surface area contributed by atoms with Gasteiger partial charge in [0.05, 0.1) is 22.4 Å². The molecule has 0 saturated heterocycles. The van der Waals surface area contributed by atoms with Crippen molar-refractivity contribution in [2.75, 3.05) is 4.90 Å². The van der Waals surface area contributed by atoms with Crippen molar-refractivity contribution in [3.8, 4) is 39.6 Å². The highest BCUT2D eigenvalue weighted by molar-refractivity contribution is 6.11. The van der Waals surface area contributed by atoms with Crippen molar-refractivity contribution in [3.63, 3.8) is 0 Å². The van der Waals surface area contributed by atoms with E-state index in [1.54, 1.807) is 0 Å². The van der Waals surface area contributed by atoms with Crippen molar-refractivity contribution in [2.24, 2.45) is 0 Å². The van der Waals surface area contributed by atoms with Crippen molar-refractivity contribution in [1.82, 2.24) is 19.5 Å². The molecule has 0 unspecified atom stereocenters. The van der Waals surface area contributed by atoms with E-state index in [0.717, 1.165) is 77.9 Å². The van der Waals surface area contributed by atoms with E-state index in [0.29, 0.717) is 17.6 Å². The fourth-order valence-corrected chi connectivity index (χ4v) is 8.60. The molecule has 4 heterocycles. The third-order valence-electron chi connectivity index (χ3n) is 11.4. The van der Waals surface area contributed by atoms with Crippen LogP contribution in [-0.2, 0) is 0 Å². The van der Waals surface area contributed by atoms with Gasteiger partial charge in [-0.1, -0.05) is 146 Å². The SMILES string of the molecule is C1=Cc2cc3oc4ccccc4c3cc2N(c2nc(-c3ccccc3)nc(-c3ccccc3)n2)c2ccc(-c3ccc4c5ccccc5n(-c5ccccc5)c4c3)cc21. The first-order valence-electron chi connectivity index (χ1n) is 19.8. The van der Waals surface area contributed by atoms with Gasteiger partial charge in [0.2, 0.25) is 5.95 Å². The maximum atomic E-state index is 6.41. The maximum absolute atomic E-state index is 6.41. The molecule has 12 rings (SSSR count). The van der Waals surface area contributed by atoms with E-state index in [2.05, 4.69) is 137 Å². The first-order valence-corrected chi connectivity index (χ1v) is 19.8. The number of anilines is 3. The Hall–Kier alpha value is -8.09. The molecule has 3 aromatic heterocycles. The highest BCUT2D eigenvalue weighted by Crippen LogP contribution is 2.46. The second kappa shape index (κ2) is 13.3. The molecule has 11 aromatic rings. The van der Waals surface area contributed by atoms with Gasteiger partial charge < -0.3 is 8.98 Å². The van der Waals surface area contributed by atoms with Crippen LogP contribution in [0.25, 0.3) is 95.5 Å². The van der Waals surface area contributed by atoms with Gasteiger partial charge in [-0.05, 0) is 71.3 Å². The van der Waals surface area contributed by atoms with E-state index in [-0.39, 0.29) is 0 Å². The predicted octanol–water partition coefficient (Wildman–Crippen LogP) is 13.8. The van der Waals surface area contributed by atoms with Crippen LogP contribution in [0.15, 0.2) is 192 Å². The van der Waals surface area contributed by atoms with E-state index < -0.39 is 0 Å². The Morgan fingerprint density at radius 3 is 1.71 bits per heavy atom. The van der Waals surface area contributed by atoms with Crippen molar-refractivity contribution in [3.05, 3.63) is 199 Å².